The van der Waals surface area contributed by atoms with E-state index in [1.165, 1.54) is 27.5 Å². The van der Waals surface area contributed by atoms with E-state index in [1.807, 2.05) is 0 Å². The number of ether oxygens (including phenoxy) is 1. The van der Waals surface area contributed by atoms with Crippen LogP contribution >= 0.6 is 0 Å². The molecule has 0 bridgehead atoms. The summed E-state index contributed by atoms with van der Waals surface area (Å²) in [5, 5.41) is 2.62. The molecule has 0 saturated carbocycles. The lowest BCUT2D eigenvalue weighted by Gasteiger charge is -2.31. The Balaban J connectivity index is 1.81. The molecule has 3 rings (SSSR count). The van der Waals surface area contributed by atoms with E-state index in [4.69, 9.17) is 4.74 Å². The van der Waals surface area contributed by atoms with Gasteiger partial charge in [0.2, 0.25) is 0 Å². The molecule has 0 amide bonds. The molecule has 0 saturated heterocycles. The molecule has 3 aromatic carbocycles. The number of hydrogen-bond acceptors (Lipinski definition) is 2. The van der Waals surface area contributed by atoms with Gasteiger partial charge in [0.05, 0.1) is 19.3 Å². The number of rotatable bonds is 8. The molecule has 0 spiro atoms. The fourth-order valence-corrected chi connectivity index (χ4v) is 3.57. The number of hydrogen-bond donors (Lipinski definition) is 0. The van der Waals surface area contributed by atoms with E-state index in [-0.39, 0.29) is 6.04 Å². The third-order valence-electron chi connectivity index (χ3n) is 5.10. The van der Waals surface area contributed by atoms with Crippen molar-refractivity contribution in [3.63, 3.8) is 0 Å². The number of fused-ring (bicyclic) bond motifs is 1. The highest BCUT2D eigenvalue weighted by Crippen LogP contribution is 2.29. The van der Waals surface area contributed by atoms with E-state index in [0.29, 0.717) is 13.2 Å². The minimum Gasteiger partial charge on any atom is -0.375 e. The van der Waals surface area contributed by atoms with Crippen molar-refractivity contribution in [2.45, 2.75) is 33.4 Å². The summed E-state index contributed by atoms with van der Waals surface area (Å²) in [5.74, 6) is 0. The van der Waals surface area contributed by atoms with E-state index in [1.54, 1.807) is 0 Å². The molecule has 0 N–H and O–H groups in total. The maximum Gasteiger partial charge on any atom is 0.0717 e. The molecular formula is C24H29NO. The third kappa shape index (κ3) is 4.32. The van der Waals surface area contributed by atoms with Crippen LogP contribution in [0.2, 0.25) is 0 Å². The summed E-state index contributed by atoms with van der Waals surface area (Å²) in [4.78, 5) is 2.48. The summed E-state index contributed by atoms with van der Waals surface area (Å²) in [5.41, 5.74) is 3.87. The number of benzene rings is 3. The minimum atomic E-state index is 0.265. The Hall–Kier alpha value is -2.16. The molecule has 2 heteroatoms. The molecule has 136 valence electrons. The molecule has 3 aromatic rings. The van der Waals surface area contributed by atoms with Crippen molar-refractivity contribution in [3.05, 3.63) is 83.4 Å². The summed E-state index contributed by atoms with van der Waals surface area (Å²) in [7, 11) is 0. The van der Waals surface area contributed by atoms with Crippen molar-refractivity contribution in [2.24, 2.45) is 0 Å². The zero-order valence-corrected chi connectivity index (χ0v) is 16.1. The second-order valence-corrected chi connectivity index (χ2v) is 6.81. The van der Waals surface area contributed by atoms with Crippen LogP contribution < -0.4 is 0 Å². The van der Waals surface area contributed by atoms with E-state index in [0.717, 1.165) is 13.1 Å². The lowest BCUT2D eigenvalue weighted by atomic mass is 9.98. The molecule has 1 unspecified atom stereocenters. The Morgan fingerprint density at radius 2 is 1.54 bits per heavy atom. The molecule has 0 heterocycles. The van der Waals surface area contributed by atoms with Gasteiger partial charge >= 0.3 is 0 Å². The summed E-state index contributed by atoms with van der Waals surface area (Å²) in [6.45, 7) is 9.94. The van der Waals surface area contributed by atoms with Crippen LogP contribution in [0.25, 0.3) is 10.8 Å². The predicted molar refractivity (Wildman–Crippen MR) is 110 cm³/mol. The highest BCUT2D eigenvalue weighted by molar-refractivity contribution is 5.86. The quantitative estimate of drug-likeness (QED) is 0.514. The summed E-state index contributed by atoms with van der Waals surface area (Å²) in [6, 6.07) is 24.1. The monoisotopic (exact) mass is 347 g/mol. The molecule has 2 nitrogen and oxygen atoms in total. The van der Waals surface area contributed by atoms with Gasteiger partial charge in [-0.2, -0.15) is 0 Å². The van der Waals surface area contributed by atoms with E-state index < -0.39 is 0 Å². The van der Waals surface area contributed by atoms with Gasteiger partial charge in [-0.25, -0.2) is 0 Å². The van der Waals surface area contributed by atoms with Crippen molar-refractivity contribution < 1.29 is 4.74 Å². The first-order valence-electron chi connectivity index (χ1n) is 9.58. The Morgan fingerprint density at radius 1 is 0.846 bits per heavy atom. The summed E-state index contributed by atoms with van der Waals surface area (Å²) < 4.78 is 6.17. The highest BCUT2D eigenvalue weighted by Gasteiger charge is 2.20. The van der Waals surface area contributed by atoms with Crippen LogP contribution in [-0.2, 0) is 11.3 Å². The third-order valence-corrected chi connectivity index (χ3v) is 5.10. The maximum absolute atomic E-state index is 6.17. The topological polar surface area (TPSA) is 12.5 Å². The molecule has 0 aromatic heterocycles. The molecule has 0 radical (unpaired) electrons. The van der Waals surface area contributed by atoms with Crippen LogP contribution in [0.1, 0.15) is 36.6 Å². The molecule has 26 heavy (non-hydrogen) atoms. The standard InChI is InChI=1S/C24H29NO/c1-4-25(5-2)24(18-26-17-20-15-13-19(3)14-16-20)23-12-8-10-21-9-6-7-11-22(21)23/h6-16,24H,4-5,17-18H2,1-3H3. The van der Waals surface area contributed by atoms with Gasteiger partial charge in [-0.05, 0) is 41.9 Å². The Kier molecular flexibility index (Phi) is 6.43. The molecule has 0 fully saturated rings. The first-order valence-corrected chi connectivity index (χ1v) is 9.58. The van der Waals surface area contributed by atoms with Crippen LogP contribution in [0.15, 0.2) is 66.7 Å². The Morgan fingerprint density at radius 3 is 2.27 bits per heavy atom. The van der Waals surface area contributed by atoms with Crippen molar-refractivity contribution >= 4 is 10.8 Å². The number of likely N-dealkylation sites (N-methyl/N-ethyl adjacent to an activating group) is 1. The van der Waals surface area contributed by atoms with E-state index in [2.05, 4.69) is 92.4 Å². The molecule has 1 atom stereocenters. The largest absolute Gasteiger partial charge is 0.375 e. The fraction of sp³-hybridized carbons (Fsp3) is 0.333. The lowest BCUT2D eigenvalue weighted by molar-refractivity contribution is 0.0540. The molecular weight excluding hydrogens is 318 g/mol. The smallest absolute Gasteiger partial charge is 0.0717 e. The van der Waals surface area contributed by atoms with Crippen LogP contribution in [0, 0.1) is 6.92 Å². The fourth-order valence-electron chi connectivity index (χ4n) is 3.57. The first-order chi connectivity index (χ1) is 12.7. The van der Waals surface area contributed by atoms with Gasteiger partial charge in [0, 0.05) is 0 Å². The average molecular weight is 348 g/mol. The van der Waals surface area contributed by atoms with Crippen molar-refractivity contribution in [3.8, 4) is 0 Å². The van der Waals surface area contributed by atoms with Crippen LogP contribution in [-0.4, -0.2) is 24.6 Å². The minimum absolute atomic E-state index is 0.265. The second-order valence-electron chi connectivity index (χ2n) is 6.81. The Labute approximate surface area is 157 Å². The highest BCUT2D eigenvalue weighted by atomic mass is 16.5. The second kappa shape index (κ2) is 8.98. The molecule has 0 aliphatic carbocycles. The van der Waals surface area contributed by atoms with Crippen molar-refractivity contribution in [1.82, 2.24) is 4.90 Å². The summed E-state index contributed by atoms with van der Waals surface area (Å²) in [6.07, 6.45) is 0. The van der Waals surface area contributed by atoms with Gasteiger partial charge in [0.1, 0.15) is 0 Å². The van der Waals surface area contributed by atoms with Crippen LogP contribution in [0.4, 0.5) is 0 Å². The first kappa shape index (κ1) is 18.6. The predicted octanol–water partition coefficient (Wildman–Crippen LogP) is 5.75. The van der Waals surface area contributed by atoms with Crippen molar-refractivity contribution in [1.29, 1.82) is 0 Å². The summed E-state index contributed by atoms with van der Waals surface area (Å²) >= 11 is 0. The maximum atomic E-state index is 6.17. The number of aryl methyl sites for hydroxylation is 1. The zero-order valence-electron chi connectivity index (χ0n) is 16.1. The van der Waals surface area contributed by atoms with Crippen molar-refractivity contribution in [2.75, 3.05) is 19.7 Å². The lowest BCUT2D eigenvalue weighted by Crippen LogP contribution is -2.31. The van der Waals surface area contributed by atoms with Gasteiger partial charge in [0.15, 0.2) is 0 Å². The molecule has 0 aliphatic rings. The van der Waals surface area contributed by atoms with Gasteiger partial charge in [-0.15, -0.1) is 0 Å². The van der Waals surface area contributed by atoms with Gasteiger partial charge in [0.25, 0.3) is 0 Å². The Bertz CT molecular complexity index is 816. The molecule has 0 aliphatic heterocycles. The van der Waals surface area contributed by atoms with Gasteiger partial charge in [-0.3, -0.25) is 4.90 Å². The van der Waals surface area contributed by atoms with Crippen LogP contribution in [0.5, 0.6) is 0 Å². The average Bonchev–Trinajstić information content (AvgIpc) is 2.69. The SMILES string of the molecule is CCN(CC)C(COCc1ccc(C)cc1)c1cccc2ccccc12. The normalized spacial score (nSPS) is 12.6. The van der Waals surface area contributed by atoms with Gasteiger partial charge in [-0.1, -0.05) is 86.1 Å². The van der Waals surface area contributed by atoms with Crippen LogP contribution in [0.3, 0.4) is 0 Å². The van der Waals surface area contributed by atoms with E-state index in [9.17, 15) is 0 Å². The zero-order chi connectivity index (χ0) is 18.4. The number of nitrogens with zero attached hydrogens (tertiary/aromatic N) is 1. The van der Waals surface area contributed by atoms with E-state index >= 15 is 0 Å². The van der Waals surface area contributed by atoms with Gasteiger partial charge < -0.3 is 4.74 Å².